The van der Waals surface area contributed by atoms with Crippen LogP contribution in [0.15, 0.2) is 97.1 Å². The number of carbonyl (C=O) groups is 1. The van der Waals surface area contributed by atoms with Crippen molar-refractivity contribution in [3.05, 3.63) is 114 Å². The van der Waals surface area contributed by atoms with Crippen LogP contribution in [0.1, 0.15) is 21.5 Å². The molecule has 4 rings (SSSR count). The van der Waals surface area contributed by atoms with Crippen molar-refractivity contribution in [2.75, 3.05) is 4.31 Å². The Morgan fingerprint density at radius 2 is 1.56 bits per heavy atom. The summed E-state index contributed by atoms with van der Waals surface area (Å²) in [6, 6.07) is 28.4. The van der Waals surface area contributed by atoms with E-state index in [9.17, 15) is 18.7 Å². The van der Waals surface area contributed by atoms with Crippen LogP contribution in [-0.4, -0.2) is 19.8 Å². The average Bonchev–Trinajstić information content (AvgIpc) is 2.85. The van der Waals surface area contributed by atoms with Gasteiger partial charge in [0.25, 0.3) is 5.91 Å². The van der Waals surface area contributed by atoms with Crippen molar-refractivity contribution in [1.82, 2.24) is 5.32 Å². The van der Waals surface area contributed by atoms with Gasteiger partial charge in [0.1, 0.15) is 5.75 Å². The van der Waals surface area contributed by atoms with Crippen LogP contribution in [0.3, 0.4) is 0 Å². The molecule has 0 fully saturated rings. The molecule has 7 heteroatoms. The third-order valence-corrected chi connectivity index (χ3v) is 6.13. The largest absolute Gasteiger partial charge is 0.755 e. The van der Waals surface area contributed by atoms with Crippen molar-refractivity contribution >= 4 is 28.5 Å². The van der Waals surface area contributed by atoms with Crippen LogP contribution >= 0.6 is 0 Å². The molecule has 0 saturated heterocycles. The minimum absolute atomic E-state index is 0.201. The maximum atomic E-state index is 12.7. The fourth-order valence-corrected chi connectivity index (χ4v) is 4.29. The van der Waals surface area contributed by atoms with Crippen molar-refractivity contribution in [3.63, 3.8) is 0 Å². The molecule has 0 aliphatic heterocycles. The Labute approximate surface area is 200 Å². The lowest BCUT2D eigenvalue weighted by Gasteiger charge is -2.28. The first kappa shape index (κ1) is 23.2. The summed E-state index contributed by atoms with van der Waals surface area (Å²) in [5.74, 6) is -0.0295. The van der Waals surface area contributed by atoms with Gasteiger partial charge in [-0.15, -0.1) is 0 Å². The molecule has 0 aliphatic rings. The van der Waals surface area contributed by atoms with Gasteiger partial charge >= 0.3 is 0 Å². The second-order valence-corrected chi connectivity index (χ2v) is 8.57. The highest BCUT2D eigenvalue weighted by Gasteiger charge is 2.13. The van der Waals surface area contributed by atoms with Crippen LogP contribution in [0.2, 0.25) is 0 Å². The summed E-state index contributed by atoms with van der Waals surface area (Å²) in [4.78, 5) is 12.7. The summed E-state index contributed by atoms with van der Waals surface area (Å²) in [6.07, 6.45) is 0. The summed E-state index contributed by atoms with van der Waals surface area (Å²) >= 11 is -2.50. The van der Waals surface area contributed by atoms with Gasteiger partial charge in [-0.1, -0.05) is 54.6 Å². The molecule has 0 spiro atoms. The Bertz CT molecular complexity index is 1320. The zero-order chi connectivity index (χ0) is 24.1. The number of rotatable bonds is 7. The lowest BCUT2D eigenvalue weighted by Crippen LogP contribution is -2.23. The van der Waals surface area contributed by atoms with Crippen molar-refractivity contribution in [1.29, 1.82) is 0 Å². The summed E-state index contributed by atoms with van der Waals surface area (Å²) in [5, 5.41) is 12.3. The molecule has 1 atom stereocenters. The molecule has 0 bridgehead atoms. The second-order valence-electron chi connectivity index (χ2n) is 7.77. The van der Waals surface area contributed by atoms with Gasteiger partial charge in [-0.25, -0.2) is 0 Å². The highest BCUT2D eigenvalue weighted by Crippen LogP contribution is 2.30. The summed E-state index contributed by atoms with van der Waals surface area (Å²) in [5.41, 5.74) is 5.07. The fraction of sp³-hybridized carbons (Fsp3) is 0.0741. The van der Waals surface area contributed by atoms with Crippen LogP contribution < -0.4 is 9.62 Å². The zero-order valence-electron chi connectivity index (χ0n) is 18.5. The van der Waals surface area contributed by atoms with Crippen LogP contribution in [0.25, 0.3) is 11.1 Å². The van der Waals surface area contributed by atoms with Gasteiger partial charge < -0.3 is 15.0 Å². The number of hydrogen-bond donors (Lipinski definition) is 2. The number of para-hydroxylation sites is 1. The molecule has 0 saturated carbocycles. The molecule has 4 aromatic rings. The molecule has 172 valence electrons. The summed E-state index contributed by atoms with van der Waals surface area (Å²) in [6.45, 7) is 2.10. The minimum Gasteiger partial charge on any atom is -0.755 e. The Morgan fingerprint density at radius 1 is 0.912 bits per heavy atom. The first-order chi connectivity index (χ1) is 16.4. The Balaban J connectivity index is 1.46. The van der Waals surface area contributed by atoms with Crippen molar-refractivity contribution in [3.8, 4) is 16.9 Å². The molecule has 34 heavy (non-hydrogen) atoms. The number of anilines is 2. The van der Waals surface area contributed by atoms with E-state index >= 15 is 0 Å². The number of aromatic hydroxyl groups is 1. The van der Waals surface area contributed by atoms with Crippen LogP contribution in [0.4, 0.5) is 11.4 Å². The smallest absolute Gasteiger partial charge is 0.251 e. The molecule has 0 radical (unpaired) electrons. The molecule has 0 aliphatic carbocycles. The number of benzene rings is 4. The molecule has 1 unspecified atom stereocenters. The molecule has 4 aromatic carbocycles. The van der Waals surface area contributed by atoms with E-state index in [-0.39, 0.29) is 18.2 Å². The number of aryl methyl sites for hydroxylation is 1. The second kappa shape index (κ2) is 10.3. The van der Waals surface area contributed by atoms with Crippen molar-refractivity contribution < 1.29 is 18.7 Å². The number of nitrogens with one attached hydrogen (secondary N) is 1. The third kappa shape index (κ3) is 5.33. The van der Waals surface area contributed by atoms with Gasteiger partial charge in [0.05, 0.1) is 22.6 Å². The number of phenolic OH excluding ortho intramolecular Hbond substituents is 1. The maximum Gasteiger partial charge on any atom is 0.251 e. The summed E-state index contributed by atoms with van der Waals surface area (Å²) < 4.78 is 25.2. The lowest BCUT2D eigenvalue weighted by molar-refractivity contribution is 0.0951. The first-order valence-electron chi connectivity index (χ1n) is 10.6. The predicted octanol–water partition coefficient (Wildman–Crippen LogP) is 5.23. The van der Waals surface area contributed by atoms with E-state index in [1.165, 1.54) is 4.31 Å². The summed E-state index contributed by atoms with van der Waals surface area (Å²) in [7, 11) is 0. The first-order valence-corrected chi connectivity index (χ1v) is 11.7. The van der Waals surface area contributed by atoms with Gasteiger partial charge in [-0.05, 0) is 71.6 Å². The SMILES string of the molecule is Cc1ccccc1N(c1cccc(CNC(=O)c2ccc(-c3ccc(O)cc3)cc2)c1)S(=O)[O-]. The van der Waals surface area contributed by atoms with Gasteiger partial charge in [0.15, 0.2) is 0 Å². The normalized spacial score (nSPS) is 11.6. The highest BCUT2D eigenvalue weighted by atomic mass is 32.2. The van der Waals surface area contributed by atoms with Gasteiger partial charge in [-0.2, -0.15) is 0 Å². The quantitative estimate of drug-likeness (QED) is 0.361. The predicted molar refractivity (Wildman–Crippen MR) is 133 cm³/mol. The van der Waals surface area contributed by atoms with E-state index in [4.69, 9.17) is 0 Å². The van der Waals surface area contributed by atoms with Gasteiger partial charge in [0.2, 0.25) is 0 Å². The van der Waals surface area contributed by atoms with Crippen molar-refractivity contribution in [2.45, 2.75) is 13.5 Å². The van der Waals surface area contributed by atoms with E-state index in [1.54, 1.807) is 54.6 Å². The number of amides is 1. The number of hydrogen-bond acceptors (Lipinski definition) is 4. The number of phenols is 1. The number of carbonyl (C=O) groups excluding carboxylic acids is 1. The Hall–Kier alpha value is -3.94. The lowest BCUT2D eigenvalue weighted by atomic mass is 10.0. The Morgan fingerprint density at radius 3 is 2.21 bits per heavy atom. The molecule has 2 N–H and O–H groups in total. The zero-order valence-corrected chi connectivity index (χ0v) is 19.3. The van der Waals surface area contributed by atoms with Crippen LogP contribution in [-0.2, 0) is 17.8 Å². The van der Waals surface area contributed by atoms with Crippen LogP contribution in [0.5, 0.6) is 5.75 Å². The third-order valence-electron chi connectivity index (χ3n) is 5.43. The van der Waals surface area contributed by atoms with E-state index in [2.05, 4.69) is 5.32 Å². The van der Waals surface area contributed by atoms with Crippen LogP contribution in [0, 0.1) is 6.92 Å². The molecule has 1 amide bonds. The van der Waals surface area contributed by atoms with E-state index < -0.39 is 11.3 Å². The van der Waals surface area contributed by atoms with E-state index in [1.807, 2.05) is 49.4 Å². The van der Waals surface area contributed by atoms with E-state index in [0.717, 1.165) is 22.3 Å². The molecule has 0 aromatic heterocycles. The fourth-order valence-electron chi connectivity index (χ4n) is 3.64. The monoisotopic (exact) mass is 471 g/mol. The number of nitrogens with zero attached hydrogens (tertiary/aromatic N) is 1. The molecule has 6 nitrogen and oxygen atoms in total. The van der Waals surface area contributed by atoms with Gasteiger partial charge in [0, 0.05) is 12.1 Å². The topological polar surface area (TPSA) is 92.7 Å². The van der Waals surface area contributed by atoms with Crippen molar-refractivity contribution in [2.24, 2.45) is 0 Å². The van der Waals surface area contributed by atoms with E-state index in [0.29, 0.717) is 16.9 Å². The Kier molecular flexibility index (Phi) is 7.06. The minimum atomic E-state index is -2.50. The average molecular weight is 472 g/mol. The standard InChI is InChI=1S/C27H24N2O4S/c1-19-5-2-3-8-26(19)29(34(32)33)24-7-4-6-20(17-24)18-28-27(31)23-11-9-21(10-12-23)22-13-15-25(30)16-14-22/h2-17,30H,18H2,1H3,(H,28,31)(H,32,33)/p-1. The molecular formula is C27H23N2O4S-. The highest BCUT2D eigenvalue weighted by molar-refractivity contribution is 7.81. The molecular weight excluding hydrogens is 448 g/mol. The molecule has 0 heterocycles. The maximum absolute atomic E-state index is 12.7. The van der Waals surface area contributed by atoms with Gasteiger partial charge in [-0.3, -0.25) is 13.3 Å².